The predicted molar refractivity (Wildman–Crippen MR) is 93.5 cm³/mol. The van der Waals surface area contributed by atoms with E-state index in [2.05, 4.69) is 3.77 Å². The lowest BCUT2D eigenvalue weighted by atomic mass is 9.98. The van der Waals surface area contributed by atoms with Crippen molar-refractivity contribution >= 4 is 43.9 Å². The molecule has 2 fully saturated rings. The van der Waals surface area contributed by atoms with Crippen molar-refractivity contribution in [3.05, 3.63) is 29.8 Å². The lowest BCUT2D eigenvalue weighted by Gasteiger charge is -2.42. The molecule has 2 heterocycles. The van der Waals surface area contributed by atoms with E-state index in [0.29, 0.717) is 0 Å². The van der Waals surface area contributed by atoms with Gasteiger partial charge in [-0.05, 0) is 44.7 Å². The smallest absolute Gasteiger partial charge is 0.199 e. The van der Waals surface area contributed by atoms with Gasteiger partial charge in [0.2, 0.25) is 0 Å². The molecule has 0 aliphatic carbocycles. The van der Waals surface area contributed by atoms with Gasteiger partial charge in [-0.15, -0.1) is 27.0 Å². The number of rotatable bonds is 2. The zero-order chi connectivity index (χ0) is 15.9. The van der Waals surface area contributed by atoms with Crippen molar-refractivity contribution in [2.24, 2.45) is 3.77 Å². The number of nitrogens with zero attached hydrogens (tertiary/aromatic N) is 1. The Morgan fingerprint density at radius 3 is 2.00 bits per heavy atom. The molecule has 0 spiro atoms. The van der Waals surface area contributed by atoms with Gasteiger partial charge in [0.15, 0.2) is 0 Å². The molecule has 0 aromatic heterocycles. The average molecular weight is 380 g/mol. The van der Waals surface area contributed by atoms with Crippen LogP contribution in [-0.2, 0) is 20.7 Å². The van der Waals surface area contributed by atoms with E-state index in [1.807, 2.05) is 6.92 Å². The number of alkyl halides is 2. The molecule has 22 heavy (non-hydrogen) atoms. The van der Waals surface area contributed by atoms with Crippen LogP contribution in [-0.4, -0.2) is 29.7 Å². The molecular weight excluding hydrogens is 361 g/mol. The van der Waals surface area contributed by atoms with E-state index >= 15 is 0 Å². The Hall–Kier alpha value is -0.100. The van der Waals surface area contributed by atoms with Gasteiger partial charge in [-0.25, -0.2) is 0 Å². The molecule has 2 saturated heterocycles. The summed E-state index contributed by atoms with van der Waals surface area (Å²) < 4.78 is 29.5. The van der Waals surface area contributed by atoms with Crippen LogP contribution in [0.2, 0.25) is 0 Å². The number of sulfonamides is 1. The fraction of sp³-hybridized carbons (Fsp3) is 0.600. The Balaban J connectivity index is 2.00. The molecule has 3 nitrogen and oxygen atoms in total. The Kier molecular flexibility index (Phi) is 4.89. The van der Waals surface area contributed by atoms with Crippen LogP contribution in [0.4, 0.5) is 0 Å². The molecule has 7 heteroatoms. The molecule has 2 bridgehead atoms. The van der Waals surface area contributed by atoms with E-state index in [1.54, 1.807) is 24.3 Å². The monoisotopic (exact) mass is 379 g/mol. The lowest BCUT2D eigenvalue weighted by molar-refractivity contribution is 0.495. The molecule has 1 aromatic rings. The maximum atomic E-state index is 12.6. The Morgan fingerprint density at radius 1 is 1.00 bits per heavy atom. The summed E-state index contributed by atoms with van der Waals surface area (Å²) in [5.74, 6) is 0. The van der Waals surface area contributed by atoms with E-state index in [4.69, 9.17) is 23.2 Å². The number of aryl methyl sites for hydroxylation is 1. The normalized spacial score (nSPS) is 35.1. The Bertz CT molecular complexity index is 668. The first kappa shape index (κ1) is 16.7. The van der Waals surface area contributed by atoms with Gasteiger partial charge in [0.25, 0.3) is 10.0 Å². The highest BCUT2D eigenvalue weighted by Gasteiger charge is 2.42. The van der Waals surface area contributed by atoms with Gasteiger partial charge in [0.1, 0.15) is 0 Å². The Morgan fingerprint density at radius 2 is 1.50 bits per heavy atom. The highest BCUT2D eigenvalue weighted by Crippen LogP contribution is 2.40. The van der Waals surface area contributed by atoms with E-state index in [9.17, 15) is 8.42 Å². The molecule has 1 aromatic carbocycles. The summed E-state index contributed by atoms with van der Waals surface area (Å²) in [5.41, 5.74) is 1.03. The van der Waals surface area contributed by atoms with Crippen LogP contribution >= 0.6 is 23.2 Å². The van der Waals surface area contributed by atoms with Crippen LogP contribution in [0.5, 0.6) is 0 Å². The maximum Gasteiger partial charge on any atom is 0.287 e. The van der Waals surface area contributed by atoms with Crippen LogP contribution < -0.4 is 0 Å². The number of hydrogen-bond donors (Lipinski definition) is 0. The van der Waals surface area contributed by atoms with Gasteiger partial charge in [-0.1, -0.05) is 28.4 Å². The minimum absolute atomic E-state index is 0.0146. The molecule has 2 aliphatic heterocycles. The quantitative estimate of drug-likeness (QED) is 0.728. The molecule has 2 aliphatic rings. The van der Waals surface area contributed by atoms with Crippen LogP contribution in [0.25, 0.3) is 0 Å². The largest absolute Gasteiger partial charge is 0.287 e. The first-order valence-corrected chi connectivity index (χ1v) is 11.1. The summed E-state index contributed by atoms with van der Waals surface area (Å²) >= 11 is 12.9. The van der Waals surface area contributed by atoms with Crippen molar-refractivity contribution < 1.29 is 8.42 Å². The SMILES string of the molecule is Cc1ccc(S(=O)(=O)N=S2C3CC[C@@H](Cl)C2CC[C@H]3Cl)cc1. The first-order valence-electron chi connectivity index (χ1n) is 7.43. The minimum atomic E-state index is -3.65. The molecule has 0 radical (unpaired) electrons. The van der Waals surface area contributed by atoms with E-state index in [-0.39, 0.29) is 26.1 Å². The fourth-order valence-corrected chi connectivity index (χ4v) is 8.96. The number of fused-ring (bicyclic) bond motifs is 2. The number of benzene rings is 1. The molecule has 0 N–H and O–H groups in total. The zero-order valence-electron chi connectivity index (χ0n) is 12.3. The zero-order valence-corrected chi connectivity index (χ0v) is 15.4. The molecular formula is C15H19Cl2NO2S2. The summed E-state index contributed by atoms with van der Waals surface area (Å²) in [6.07, 6.45) is 3.55. The van der Waals surface area contributed by atoms with Gasteiger partial charge in [0.05, 0.1) is 4.90 Å². The maximum absolute atomic E-state index is 12.6. The van der Waals surface area contributed by atoms with Crippen LogP contribution in [0.15, 0.2) is 32.9 Å². The first-order chi connectivity index (χ1) is 10.4. The van der Waals surface area contributed by atoms with Gasteiger partial charge in [-0.3, -0.25) is 0 Å². The summed E-state index contributed by atoms with van der Waals surface area (Å²) in [6.45, 7) is 1.93. The van der Waals surface area contributed by atoms with Crippen LogP contribution in [0.3, 0.4) is 0 Å². The molecule has 2 unspecified atom stereocenters. The predicted octanol–water partition coefficient (Wildman–Crippen LogP) is 4.03. The van der Waals surface area contributed by atoms with Crippen LogP contribution in [0, 0.1) is 6.92 Å². The van der Waals surface area contributed by atoms with E-state index < -0.39 is 20.7 Å². The van der Waals surface area contributed by atoms with E-state index in [0.717, 1.165) is 31.2 Å². The minimum Gasteiger partial charge on any atom is -0.199 e. The molecule has 0 saturated carbocycles. The van der Waals surface area contributed by atoms with Crippen molar-refractivity contribution in [1.29, 1.82) is 0 Å². The third-order valence-corrected chi connectivity index (χ3v) is 10.4. The van der Waals surface area contributed by atoms with Crippen molar-refractivity contribution in [2.45, 2.75) is 58.8 Å². The summed E-state index contributed by atoms with van der Waals surface area (Å²) in [4.78, 5) is 0.256. The summed E-state index contributed by atoms with van der Waals surface area (Å²) in [6, 6.07) is 6.82. The molecule has 122 valence electrons. The van der Waals surface area contributed by atoms with Crippen molar-refractivity contribution in [1.82, 2.24) is 0 Å². The van der Waals surface area contributed by atoms with E-state index in [1.165, 1.54) is 0 Å². The van der Waals surface area contributed by atoms with Crippen LogP contribution in [0.1, 0.15) is 31.2 Å². The van der Waals surface area contributed by atoms with Crippen molar-refractivity contribution in [3.8, 4) is 0 Å². The lowest BCUT2D eigenvalue weighted by Crippen LogP contribution is -2.47. The second-order valence-corrected chi connectivity index (χ2v) is 11.0. The van der Waals surface area contributed by atoms with Crippen molar-refractivity contribution in [2.75, 3.05) is 0 Å². The fourth-order valence-electron chi connectivity index (χ4n) is 3.13. The number of hydrogen-bond acceptors (Lipinski definition) is 2. The topological polar surface area (TPSA) is 46.5 Å². The standard InChI is InChI=1S/C15H19Cl2NO2S2/c1-10-2-4-11(5-3-10)22(19,20)18-21-14-8-6-12(16)15(21)9-7-13(14)17/h2-5,12-15H,6-9H2,1H3/t12-,13-,14?,15?,21?/m1/s1. The Labute approximate surface area is 144 Å². The van der Waals surface area contributed by atoms with Gasteiger partial charge >= 0.3 is 0 Å². The highest BCUT2D eigenvalue weighted by molar-refractivity contribution is 8.00. The number of halogens is 2. The summed E-state index contributed by atoms with van der Waals surface area (Å²) in [5, 5.41) is 0.327. The van der Waals surface area contributed by atoms with Gasteiger partial charge < -0.3 is 0 Å². The van der Waals surface area contributed by atoms with Gasteiger partial charge in [0, 0.05) is 21.3 Å². The molecule has 0 amide bonds. The second-order valence-electron chi connectivity index (χ2n) is 5.97. The van der Waals surface area contributed by atoms with Crippen molar-refractivity contribution in [3.63, 3.8) is 0 Å². The molecule has 4 atom stereocenters. The third kappa shape index (κ3) is 3.23. The second kappa shape index (κ2) is 6.42. The third-order valence-electron chi connectivity index (χ3n) is 4.38. The summed E-state index contributed by atoms with van der Waals surface area (Å²) in [7, 11) is -4.25. The average Bonchev–Trinajstić information content (AvgIpc) is 2.45. The highest BCUT2D eigenvalue weighted by atomic mass is 35.5. The molecule has 3 rings (SSSR count). The van der Waals surface area contributed by atoms with Gasteiger partial charge in [-0.2, -0.15) is 8.42 Å².